The molecule has 0 atom stereocenters. The molecule has 0 aromatic heterocycles. The first-order valence-electron chi connectivity index (χ1n) is 6.05. The van der Waals surface area contributed by atoms with Gasteiger partial charge in [-0.2, -0.15) is 4.31 Å². The minimum Gasteiger partial charge on any atom is -0.398 e. The first-order valence-corrected chi connectivity index (χ1v) is 8.24. The lowest BCUT2D eigenvalue weighted by molar-refractivity contribution is -0.0932. The summed E-state index contributed by atoms with van der Waals surface area (Å²) in [6, 6.07) is 2.68. The summed E-state index contributed by atoms with van der Waals surface area (Å²) >= 11 is 11.7. The molecule has 0 spiro atoms. The minimum absolute atomic E-state index is 0.00230. The monoisotopic (exact) mass is 338 g/mol. The minimum atomic E-state index is -3.83. The molecule has 112 valence electrons. The van der Waals surface area contributed by atoms with Crippen molar-refractivity contribution in [2.24, 2.45) is 5.92 Å². The van der Waals surface area contributed by atoms with Gasteiger partial charge in [0.25, 0.3) is 0 Å². The summed E-state index contributed by atoms with van der Waals surface area (Å²) < 4.78 is 26.1. The molecule has 1 fully saturated rings. The van der Waals surface area contributed by atoms with Crippen molar-refractivity contribution < 1.29 is 13.5 Å². The van der Waals surface area contributed by atoms with Crippen LogP contribution < -0.4 is 5.73 Å². The smallest absolute Gasteiger partial charge is 0.246 e. The maximum atomic E-state index is 12.5. The number of rotatable bonds is 3. The van der Waals surface area contributed by atoms with Crippen LogP contribution in [0.3, 0.4) is 0 Å². The fraction of sp³-hybridized carbons (Fsp3) is 0.500. The van der Waals surface area contributed by atoms with E-state index in [1.807, 2.05) is 13.8 Å². The Morgan fingerprint density at radius 3 is 2.35 bits per heavy atom. The molecule has 0 unspecified atom stereocenters. The summed E-state index contributed by atoms with van der Waals surface area (Å²) in [4.78, 5) is -0.158. The number of hydrogen-bond donors (Lipinski definition) is 2. The Hall–Kier alpha value is -0.530. The lowest BCUT2D eigenvalue weighted by Crippen LogP contribution is -2.65. The highest BCUT2D eigenvalue weighted by Gasteiger charge is 2.49. The van der Waals surface area contributed by atoms with E-state index in [0.29, 0.717) is 0 Å². The molecule has 0 aliphatic carbocycles. The fourth-order valence-corrected chi connectivity index (χ4v) is 4.59. The van der Waals surface area contributed by atoms with Gasteiger partial charge in [0.1, 0.15) is 4.90 Å². The van der Waals surface area contributed by atoms with Crippen molar-refractivity contribution in [3.63, 3.8) is 0 Å². The van der Waals surface area contributed by atoms with Crippen LogP contribution >= 0.6 is 23.2 Å². The Labute approximate surface area is 128 Å². The number of sulfonamides is 1. The van der Waals surface area contributed by atoms with Gasteiger partial charge in [0.2, 0.25) is 10.0 Å². The number of halogens is 2. The number of nitrogens with zero attached hydrogens (tertiary/aromatic N) is 1. The van der Waals surface area contributed by atoms with Gasteiger partial charge in [-0.15, -0.1) is 0 Å². The fourth-order valence-electron chi connectivity index (χ4n) is 2.08. The Morgan fingerprint density at radius 1 is 1.35 bits per heavy atom. The van der Waals surface area contributed by atoms with E-state index in [-0.39, 0.29) is 39.6 Å². The van der Waals surface area contributed by atoms with E-state index in [1.54, 1.807) is 0 Å². The molecule has 3 N–H and O–H groups in total. The summed E-state index contributed by atoms with van der Waals surface area (Å²) in [6.45, 7) is 3.75. The summed E-state index contributed by atoms with van der Waals surface area (Å²) in [6.07, 6.45) is 0. The first kappa shape index (κ1) is 15.9. The van der Waals surface area contributed by atoms with Gasteiger partial charge in [0.15, 0.2) is 0 Å². The van der Waals surface area contributed by atoms with Gasteiger partial charge in [-0.25, -0.2) is 8.42 Å². The Balaban J connectivity index is 2.35. The lowest BCUT2D eigenvalue weighted by Gasteiger charge is -2.48. The van der Waals surface area contributed by atoms with Crippen molar-refractivity contribution in [3.05, 3.63) is 22.2 Å². The lowest BCUT2D eigenvalue weighted by atomic mass is 9.85. The molecule has 8 heteroatoms. The third-order valence-corrected chi connectivity index (χ3v) is 6.15. The van der Waals surface area contributed by atoms with Gasteiger partial charge < -0.3 is 10.8 Å². The summed E-state index contributed by atoms with van der Waals surface area (Å²) in [7, 11) is -3.83. The molecule has 0 bridgehead atoms. The first-order chi connectivity index (χ1) is 9.08. The quantitative estimate of drug-likeness (QED) is 0.825. The second-order valence-electron chi connectivity index (χ2n) is 5.34. The predicted octanol–water partition coefficient (Wildman–Crippen LogP) is 1.97. The molecule has 0 saturated carbocycles. The van der Waals surface area contributed by atoms with Crippen molar-refractivity contribution in [3.8, 4) is 0 Å². The SMILES string of the molecule is CC(C)C1(O)CN(S(=O)(=O)c2c(N)cc(Cl)cc2Cl)C1. The summed E-state index contributed by atoms with van der Waals surface area (Å²) in [5.74, 6) is -0.0352. The molecular formula is C12H16Cl2N2O3S. The topological polar surface area (TPSA) is 83.6 Å². The molecule has 2 rings (SSSR count). The number of anilines is 1. The number of nitrogens with two attached hydrogens (primary N) is 1. The highest BCUT2D eigenvalue weighted by Crippen LogP contribution is 2.38. The molecule has 1 saturated heterocycles. The Morgan fingerprint density at radius 2 is 1.90 bits per heavy atom. The predicted molar refractivity (Wildman–Crippen MR) is 79.4 cm³/mol. The van der Waals surface area contributed by atoms with Crippen LogP contribution in [0.5, 0.6) is 0 Å². The van der Waals surface area contributed by atoms with Crippen LogP contribution in [0.1, 0.15) is 13.8 Å². The van der Waals surface area contributed by atoms with Gasteiger partial charge in [0.05, 0.1) is 16.3 Å². The molecule has 0 amide bonds. The molecular weight excluding hydrogens is 323 g/mol. The standard InChI is InChI=1S/C12H16Cl2N2O3S/c1-7(2)12(17)5-16(6-12)20(18,19)11-9(14)3-8(13)4-10(11)15/h3-4,7,17H,5-6,15H2,1-2H3. The number of aliphatic hydroxyl groups is 1. The third kappa shape index (κ3) is 2.51. The molecule has 1 aliphatic rings. The molecule has 0 radical (unpaired) electrons. The zero-order valence-electron chi connectivity index (χ0n) is 11.1. The van der Waals surface area contributed by atoms with Crippen LogP contribution in [-0.4, -0.2) is 36.5 Å². The summed E-state index contributed by atoms with van der Waals surface area (Å²) in [5.41, 5.74) is 4.72. The van der Waals surface area contributed by atoms with E-state index in [1.165, 1.54) is 16.4 Å². The number of nitrogen functional groups attached to an aromatic ring is 1. The third-order valence-electron chi connectivity index (χ3n) is 3.61. The Bertz CT molecular complexity index is 617. The van der Waals surface area contributed by atoms with E-state index in [2.05, 4.69) is 0 Å². The number of benzene rings is 1. The Kier molecular flexibility index (Phi) is 3.99. The van der Waals surface area contributed by atoms with E-state index < -0.39 is 15.6 Å². The van der Waals surface area contributed by atoms with Crippen molar-refractivity contribution in [1.82, 2.24) is 4.31 Å². The van der Waals surface area contributed by atoms with E-state index >= 15 is 0 Å². The molecule has 20 heavy (non-hydrogen) atoms. The molecule has 1 aliphatic heterocycles. The number of β-amino-alcohol motifs (C(OH)–C–C–N with tert-alkyl or cyclic N) is 1. The molecule has 1 aromatic rings. The zero-order chi connectivity index (χ0) is 15.3. The highest BCUT2D eigenvalue weighted by atomic mass is 35.5. The van der Waals surface area contributed by atoms with Crippen LogP contribution in [0, 0.1) is 5.92 Å². The van der Waals surface area contributed by atoms with Crippen LogP contribution in [0.4, 0.5) is 5.69 Å². The largest absolute Gasteiger partial charge is 0.398 e. The van der Waals surface area contributed by atoms with Gasteiger partial charge in [-0.3, -0.25) is 0 Å². The van der Waals surface area contributed by atoms with Crippen molar-refractivity contribution in [1.29, 1.82) is 0 Å². The van der Waals surface area contributed by atoms with Crippen LogP contribution in [-0.2, 0) is 10.0 Å². The average molecular weight is 339 g/mol. The van der Waals surface area contributed by atoms with E-state index in [9.17, 15) is 13.5 Å². The molecule has 5 nitrogen and oxygen atoms in total. The maximum Gasteiger partial charge on any atom is 0.246 e. The average Bonchev–Trinajstić information content (AvgIpc) is 2.22. The zero-order valence-corrected chi connectivity index (χ0v) is 13.4. The van der Waals surface area contributed by atoms with E-state index in [4.69, 9.17) is 28.9 Å². The molecule has 1 heterocycles. The second kappa shape index (κ2) is 5.03. The van der Waals surface area contributed by atoms with Crippen LogP contribution in [0.15, 0.2) is 17.0 Å². The second-order valence-corrected chi connectivity index (χ2v) is 8.06. The normalized spacial score (nSPS) is 19.1. The van der Waals surface area contributed by atoms with Gasteiger partial charge in [-0.05, 0) is 18.1 Å². The molecule has 1 aromatic carbocycles. The van der Waals surface area contributed by atoms with Gasteiger partial charge in [-0.1, -0.05) is 37.0 Å². The van der Waals surface area contributed by atoms with Crippen molar-refractivity contribution in [2.75, 3.05) is 18.8 Å². The number of hydrogen-bond acceptors (Lipinski definition) is 4. The van der Waals surface area contributed by atoms with Crippen LogP contribution in [0.2, 0.25) is 10.0 Å². The van der Waals surface area contributed by atoms with Crippen molar-refractivity contribution in [2.45, 2.75) is 24.3 Å². The van der Waals surface area contributed by atoms with Crippen molar-refractivity contribution >= 4 is 38.9 Å². The van der Waals surface area contributed by atoms with Crippen LogP contribution in [0.25, 0.3) is 0 Å². The highest BCUT2D eigenvalue weighted by molar-refractivity contribution is 7.89. The van der Waals surface area contributed by atoms with Gasteiger partial charge >= 0.3 is 0 Å². The maximum absolute atomic E-state index is 12.5. The van der Waals surface area contributed by atoms with E-state index in [0.717, 1.165) is 0 Å². The van der Waals surface area contributed by atoms with Gasteiger partial charge in [0, 0.05) is 18.1 Å². The summed E-state index contributed by atoms with van der Waals surface area (Å²) in [5, 5.41) is 10.4.